The van der Waals surface area contributed by atoms with Gasteiger partial charge < -0.3 is 9.47 Å². The highest BCUT2D eigenvalue weighted by molar-refractivity contribution is 5.65. The maximum absolute atomic E-state index is 14.7. The Balaban J connectivity index is 1.84. The van der Waals surface area contributed by atoms with Gasteiger partial charge in [0.25, 0.3) is 0 Å². The predicted molar refractivity (Wildman–Crippen MR) is 94.5 cm³/mol. The van der Waals surface area contributed by atoms with E-state index in [-0.39, 0.29) is 17.8 Å². The van der Waals surface area contributed by atoms with Crippen LogP contribution in [0.5, 0.6) is 0 Å². The Morgan fingerprint density at radius 3 is 2.46 bits per heavy atom. The Labute approximate surface area is 151 Å². The van der Waals surface area contributed by atoms with Crippen LogP contribution < -0.4 is 0 Å². The van der Waals surface area contributed by atoms with Gasteiger partial charge in [-0.3, -0.25) is 0 Å². The third-order valence-corrected chi connectivity index (χ3v) is 4.88. The molecule has 2 aromatic rings. The fraction of sp³-hybridized carbons (Fsp3) is 0.429. The van der Waals surface area contributed by atoms with Gasteiger partial charge in [-0.25, -0.2) is 13.2 Å². The Morgan fingerprint density at radius 1 is 1.04 bits per heavy atom. The summed E-state index contributed by atoms with van der Waals surface area (Å²) in [6.07, 6.45) is 1.58. The summed E-state index contributed by atoms with van der Waals surface area (Å²) in [5.74, 6) is -2.45. The molecule has 3 rings (SSSR count). The third kappa shape index (κ3) is 3.79. The van der Waals surface area contributed by atoms with Crippen LogP contribution in [0, 0.1) is 17.5 Å². The number of benzene rings is 2. The molecule has 0 N–H and O–H groups in total. The summed E-state index contributed by atoms with van der Waals surface area (Å²) in [5.41, 5.74) is 1.25. The van der Waals surface area contributed by atoms with Crippen molar-refractivity contribution in [3.8, 4) is 11.1 Å². The maximum atomic E-state index is 14.7. The zero-order valence-corrected chi connectivity index (χ0v) is 15.0. The van der Waals surface area contributed by atoms with Gasteiger partial charge in [0.15, 0.2) is 17.9 Å². The number of rotatable bonds is 5. The van der Waals surface area contributed by atoms with Crippen LogP contribution in [0.1, 0.15) is 43.7 Å². The standard InChI is InChI=1S/C21H23F3O2/c1-3-13-5-6-14(11-18(13)22)16-8-9-17(21(24)20(16)23)15-7-10-19(25-4-2)26-12-15/h5-6,8-9,11,15,19H,3-4,7,10,12H2,1-2H3. The smallest absolute Gasteiger partial charge is 0.166 e. The molecule has 2 nitrogen and oxygen atoms in total. The molecule has 1 saturated heterocycles. The highest BCUT2D eigenvalue weighted by atomic mass is 19.2. The summed E-state index contributed by atoms with van der Waals surface area (Å²) in [5, 5.41) is 0. The molecule has 2 aromatic carbocycles. The zero-order chi connectivity index (χ0) is 18.7. The summed E-state index contributed by atoms with van der Waals surface area (Å²) in [4.78, 5) is 0. The number of halogens is 3. The molecule has 1 aliphatic rings. The van der Waals surface area contributed by atoms with Gasteiger partial charge in [0.2, 0.25) is 0 Å². The van der Waals surface area contributed by atoms with E-state index in [0.29, 0.717) is 49.2 Å². The highest BCUT2D eigenvalue weighted by Crippen LogP contribution is 2.34. The Morgan fingerprint density at radius 2 is 1.85 bits per heavy atom. The average Bonchev–Trinajstić information content (AvgIpc) is 2.65. The normalized spacial score (nSPS) is 20.3. The van der Waals surface area contributed by atoms with E-state index >= 15 is 0 Å². The predicted octanol–water partition coefficient (Wildman–Crippen LogP) is 5.59. The van der Waals surface area contributed by atoms with E-state index in [2.05, 4.69) is 0 Å². The first-order valence-corrected chi connectivity index (χ1v) is 9.05. The molecule has 26 heavy (non-hydrogen) atoms. The molecule has 0 radical (unpaired) electrons. The Hall–Kier alpha value is -1.85. The molecule has 1 fully saturated rings. The molecule has 1 heterocycles. The fourth-order valence-electron chi connectivity index (χ4n) is 3.39. The van der Waals surface area contributed by atoms with Gasteiger partial charge in [0.1, 0.15) is 5.82 Å². The summed E-state index contributed by atoms with van der Waals surface area (Å²) in [6.45, 7) is 4.58. The van der Waals surface area contributed by atoms with E-state index in [1.54, 1.807) is 18.2 Å². The minimum atomic E-state index is -0.946. The van der Waals surface area contributed by atoms with Gasteiger partial charge >= 0.3 is 0 Å². The van der Waals surface area contributed by atoms with Crippen molar-refractivity contribution in [2.45, 2.75) is 45.3 Å². The van der Waals surface area contributed by atoms with Crippen LogP contribution in [-0.2, 0) is 15.9 Å². The van der Waals surface area contributed by atoms with Gasteiger partial charge in [-0.2, -0.15) is 0 Å². The van der Waals surface area contributed by atoms with Gasteiger partial charge in [0.05, 0.1) is 6.61 Å². The topological polar surface area (TPSA) is 18.5 Å². The highest BCUT2D eigenvalue weighted by Gasteiger charge is 2.27. The molecule has 2 unspecified atom stereocenters. The van der Waals surface area contributed by atoms with Crippen molar-refractivity contribution >= 4 is 0 Å². The number of ether oxygens (including phenoxy) is 2. The molecule has 0 saturated carbocycles. The summed E-state index contributed by atoms with van der Waals surface area (Å²) < 4.78 is 54.3. The second kappa shape index (κ2) is 8.23. The van der Waals surface area contributed by atoms with E-state index in [1.807, 2.05) is 13.8 Å². The monoisotopic (exact) mass is 364 g/mol. The van der Waals surface area contributed by atoms with Crippen LogP contribution in [-0.4, -0.2) is 19.5 Å². The first-order valence-electron chi connectivity index (χ1n) is 9.05. The molecule has 1 aliphatic heterocycles. The third-order valence-electron chi connectivity index (χ3n) is 4.88. The number of hydrogen-bond acceptors (Lipinski definition) is 2. The van der Waals surface area contributed by atoms with Crippen molar-refractivity contribution in [3.63, 3.8) is 0 Å². The lowest BCUT2D eigenvalue weighted by molar-refractivity contribution is -0.164. The lowest BCUT2D eigenvalue weighted by Gasteiger charge is -2.29. The van der Waals surface area contributed by atoms with Crippen molar-refractivity contribution in [3.05, 3.63) is 58.9 Å². The Bertz CT molecular complexity index is 768. The van der Waals surface area contributed by atoms with Crippen LogP contribution in [0.2, 0.25) is 0 Å². The van der Waals surface area contributed by atoms with Crippen LogP contribution >= 0.6 is 0 Å². The summed E-state index contributed by atoms with van der Waals surface area (Å²) in [6, 6.07) is 7.58. The van der Waals surface area contributed by atoms with Gasteiger partial charge in [-0.1, -0.05) is 31.2 Å². The quantitative estimate of drug-likeness (QED) is 0.688. The number of aryl methyl sites for hydroxylation is 1. The molecule has 0 amide bonds. The first kappa shape index (κ1) is 18.9. The van der Waals surface area contributed by atoms with E-state index in [1.165, 1.54) is 12.1 Å². The SMILES string of the molecule is CCOC1CCC(c2ccc(-c3ccc(CC)c(F)c3)c(F)c2F)CO1. The Kier molecular flexibility index (Phi) is 5.99. The van der Waals surface area contributed by atoms with E-state index in [9.17, 15) is 13.2 Å². The fourth-order valence-corrected chi connectivity index (χ4v) is 3.39. The van der Waals surface area contributed by atoms with E-state index < -0.39 is 17.5 Å². The molecule has 5 heteroatoms. The lowest BCUT2D eigenvalue weighted by atomic mass is 9.90. The van der Waals surface area contributed by atoms with Gasteiger partial charge in [-0.05, 0) is 48.9 Å². The lowest BCUT2D eigenvalue weighted by Crippen LogP contribution is -2.27. The summed E-state index contributed by atoms with van der Waals surface area (Å²) >= 11 is 0. The van der Waals surface area contributed by atoms with Gasteiger partial charge in [-0.15, -0.1) is 0 Å². The molecule has 2 atom stereocenters. The van der Waals surface area contributed by atoms with Crippen LogP contribution in [0.4, 0.5) is 13.2 Å². The molecular weight excluding hydrogens is 341 g/mol. The molecular formula is C21H23F3O2. The molecule has 0 bridgehead atoms. The number of hydrogen-bond donors (Lipinski definition) is 0. The molecule has 140 valence electrons. The molecule has 0 aliphatic carbocycles. The second-order valence-electron chi connectivity index (χ2n) is 6.48. The first-order chi connectivity index (χ1) is 12.5. The van der Waals surface area contributed by atoms with Crippen molar-refractivity contribution in [2.24, 2.45) is 0 Å². The van der Waals surface area contributed by atoms with Crippen LogP contribution in [0.25, 0.3) is 11.1 Å². The largest absolute Gasteiger partial charge is 0.353 e. The zero-order valence-electron chi connectivity index (χ0n) is 15.0. The average molecular weight is 364 g/mol. The van der Waals surface area contributed by atoms with Crippen LogP contribution in [0.15, 0.2) is 30.3 Å². The van der Waals surface area contributed by atoms with Crippen molar-refractivity contribution in [1.29, 1.82) is 0 Å². The second-order valence-corrected chi connectivity index (χ2v) is 6.48. The van der Waals surface area contributed by atoms with Gasteiger partial charge in [0, 0.05) is 18.1 Å². The van der Waals surface area contributed by atoms with Crippen LogP contribution in [0.3, 0.4) is 0 Å². The van der Waals surface area contributed by atoms with E-state index in [4.69, 9.17) is 9.47 Å². The molecule has 0 spiro atoms. The van der Waals surface area contributed by atoms with E-state index in [0.717, 1.165) is 0 Å². The minimum Gasteiger partial charge on any atom is -0.353 e. The maximum Gasteiger partial charge on any atom is 0.166 e. The summed E-state index contributed by atoms with van der Waals surface area (Å²) in [7, 11) is 0. The minimum absolute atomic E-state index is 0.0664. The van der Waals surface area contributed by atoms with Crippen molar-refractivity contribution in [2.75, 3.05) is 13.2 Å². The molecule has 0 aromatic heterocycles. The van der Waals surface area contributed by atoms with Crippen molar-refractivity contribution in [1.82, 2.24) is 0 Å². The van der Waals surface area contributed by atoms with Crippen molar-refractivity contribution < 1.29 is 22.6 Å².